The number of nitrogens with zero attached hydrogens (tertiary/aromatic N) is 1. The Morgan fingerprint density at radius 1 is 1.50 bits per heavy atom. The molecule has 0 bridgehead atoms. The summed E-state index contributed by atoms with van der Waals surface area (Å²) in [5, 5.41) is 0.675. The van der Waals surface area contributed by atoms with E-state index in [1.54, 1.807) is 0 Å². The highest BCUT2D eigenvalue weighted by molar-refractivity contribution is 6.36. The van der Waals surface area contributed by atoms with Gasteiger partial charge in [-0.3, -0.25) is 4.90 Å². The maximum absolute atomic E-state index is 5.94. The molecule has 1 aromatic rings. The molecule has 0 atom stereocenters. The van der Waals surface area contributed by atoms with Crippen LogP contribution < -0.4 is 5.73 Å². The van der Waals surface area contributed by atoms with Crippen molar-refractivity contribution in [1.82, 2.24) is 4.90 Å². The minimum atomic E-state index is 0.675. The molecule has 0 amide bonds. The molecule has 16 heavy (non-hydrogen) atoms. The van der Waals surface area contributed by atoms with Gasteiger partial charge in [0.1, 0.15) is 0 Å². The van der Waals surface area contributed by atoms with Gasteiger partial charge in [-0.25, -0.2) is 0 Å². The van der Waals surface area contributed by atoms with Crippen LogP contribution in [0.4, 0.5) is 5.69 Å². The van der Waals surface area contributed by atoms with Gasteiger partial charge in [-0.1, -0.05) is 35.3 Å². The summed E-state index contributed by atoms with van der Waals surface area (Å²) in [7, 11) is 0. The van der Waals surface area contributed by atoms with Crippen molar-refractivity contribution in [2.24, 2.45) is 0 Å². The van der Waals surface area contributed by atoms with Crippen LogP contribution in [0.3, 0.4) is 0 Å². The number of benzene rings is 1. The van der Waals surface area contributed by atoms with Crippen molar-refractivity contribution in [1.29, 1.82) is 0 Å². The second-order valence-electron chi connectivity index (χ2n) is 4.00. The number of nitrogen functional groups attached to an aromatic ring is 1. The predicted molar refractivity (Wildman–Crippen MR) is 69.6 cm³/mol. The SMILES string of the molecule is Nc1cccc2c1CCN(CC(Cl)=CCl)C2. The largest absolute Gasteiger partial charge is 0.398 e. The third-order valence-electron chi connectivity index (χ3n) is 2.87. The van der Waals surface area contributed by atoms with Gasteiger partial charge in [-0.15, -0.1) is 0 Å². The zero-order chi connectivity index (χ0) is 11.5. The molecule has 2 N–H and O–H groups in total. The quantitative estimate of drug-likeness (QED) is 0.825. The summed E-state index contributed by atoms with van der Waals surface area (Å²) >= 11 is 11.5. The first-order chi connectivity index (χ1) is 7.70. The van der Waals surface area contributed by atoms with Crippen molar-refractivity contribution < 1.29 is 0 Å². The van der Waals surface area contributed by atoms with Crippen molar-refractivity contribution in [3.8, 4) is 0 Å². The molecule has 1 heterocycles. The summed E-state index contributed by atoms with van der Waals surface area (Å²) in [5.74, 6) is 0. The van der Waals surface area contributed by atoms with Crippen molar-refractivity contribution in [2.75, 3.05) is 18.8 Å². The molecule has 2 rings (SSSR count). The Balaban J connectivity index is 2.12. The van der Waals surface area contributed by atoms with Crippen LogP contribution in [0, 0.1) is 0 Å². The van der Waals surface area contributed by atoms with Gasteiger partial charge >= 0.3 is 0 Å². The van der Waals surface area contributed by atoms with Gasteiger partial charge in [0.25, 0.3) is 0 Å². The second-order valence-corrected chi connectivity index (χ2v) is 4.71. The molecule has 0 saturated heterocycles. The van der Waals surface area contributed by atoms with E-state index in [4.69, 9.17) is 28.9 Å². The van der Waals surface area contributed by atoms with Crippen molar-refractivity contribution in [3.05, 3.63) is 39.9 Å². The minimum absolute atomic E-state index is 0.675. The zero-order valence-electron chi connectivity index (χ0n) is 8.92. The topological polar surface area (TPSA) is 29.3 Å². The smallest absolute Gasteiger partial charge is 0.0434 e. The number of rotatable bonds is 2. The van der Waals surface area contributed by atoms with Gasteiger partial charge in [-0.05, 0) is 23.6 Å². The number of halogens is 2. The van der Waals surface area contributed by atoms with Crippen LogP contribution in [0.15, 0.2) is 28.8 Å². The predicted octanol–water partition coefficient (Wildman–Crippen LogP) is 2.95. The molecule has 0 aromatic heterocycles. The number of nitrogens with two attached hydrogens (primary N) is 1. The first-order valence-corrected chi connectivity index (χ1v) is 6.05. The van der Waals surface area contributed by atoms with Gasteiger partial charge in [-0.2, -0.15) is 0 Å². The zero-order valence-corrected chi connectivity index (χ0v) is 10.4. The Hall–Kier alpha value is -0.700. The lowest BCUT2D eigenvalue weighted by molar-refractivity contribution is 0.280. The minimum Gasteiger partial charge on any atom is -0.398 e. The van der Waals surface area contributed by atoms with Crippen LogP contribution in [0.2, 0.25) is 0 Å². The van der Waals surface area contributed by atoms with E-state index >= 15 is 0 Å². The first kappa shape index (κ1) is 11.8. The molecule has 4 heteroatoms. The van der Waals surface area contributed by atoms with E-state index in [9.17, 15) is 0 Å². The van der Waals surface area contributed by atoms with E-state index in [1.807, 2.05) is 12.1 Å². The molecule has 0 unspecified atom stereocenters. The number of hydrogen-bond acceptors (Lipinski definition) is 2. The summed E-state index contributed by atoms with van der Waals surface area (Å²) < 4.78 is 0. The van der Waals surface area contributed by atoms with E-state index in [-0.39, 0.29) is 0 Å². The molecule has 0 fully saturated rings. The van der Waals surface area contributed by atoms with Gasteiger partial charge in [0, 0.05) is 35.9 Å². The highest BCUT2D eigenvalue weighted by Gasteiger charge is 2.17. The average molecular weight is 257 g/mol. The molecule has 0 aliphatic carbocycles. The summed E-state index contributed by atoms with van der Waals surface area (Å²) in [6.07, 6.45) is 0.981. The fourth-order valence-corrected chi connectivity index (χ4v) is 2.32. The number of fused-ring (bicyclic) bond motifs is 1. The molecule has 86 valence electrons. The second kappa shape index (κ2) is 5.09. The van der Waals surface area contributed by atoms with E-state index in [1.165, 1.54) is 16.7 Å². The molecule has 2 nitrogen and oxygen atoms in total. The van der Waals surface area contributed by atoms with Crippen LogP contribution in [0.25, 0.3) is 0 Å². The Morgan fingerprint density at radius 3 is 3.06 bits per heavy atom. The third kappa shape index (κ3) is 2.51. The maximum Gasteiger partial charge on any atom is 0.0434 e. The van der Waals surface area contributed by atoms with Crippen LogP contribution >= 0.6 is 23.2 Å². The van der Waals surface area contributed by atoms with Gasteiger partial charge in [0.05, 0.1) is 0 Å². The molecular formula is C12H14Cl2N2. The fraction of sp³-hybridized carbons (Fsp3) is 0.333. The molecule has 0 saturated carbocycles. The summed E-state index contributed by atoms with van der Waals surface area (Å²) in [4.78, 5) is 2.27. The summed E-state index contributed by atoms with van der Waals surface area (Å²) in [6.45, 7) is 2.57. The highest BCUT2D eigenvalue weighted by atomic mass is 35.5. The summed E-state index contributed by atoms with van der Waals surface area (Å²) in [6, 6.07) is 6.08. The Labute approximate surface area is 106 Å². The number of hydrogen-bond donors (Lipinski definition) is 1. The van der Waals surface area contributed by atoms with Crippen LogP contribution in [-0.2, 0) is 13.0 Å². The molecule has 1 aliphatic heterocycles. The maximum atomic E-state index is 5.94. The lowest BCUT2D eigenvalue weighted by atomic mass is 9.98. The molecular weight excluding hydrogens is 243 g/mol. The van der Waals surface area contributed by atoms with E-state index in [0.717, 1.165) is 25.2 Å². The van der Waals surface area contributed by atoms with Gasteiger partial charge in [0.15, 0.2) is 0 Å². The van der Waals surface area contributed by atoms with Crippen LogP contribution in [0.1, 0.15) is 11.1 Å². The Kier molecular flexibility index (Phi) is 3.74. The molecule has 0 spiro atoms. The Morgan fingerprint density at radius 2 is 2.31 bits per heavy atom. The van der Waals surface area contributed by atoms with Gasteiger partial charge < -0.3 is 5.73 Å². The van der Waals surface area contributed by atoms with Gasteiger partial charge in [0.2, 0.25) is 0 Å². The van der Waals surface area contributed by atoms with Crippen LogP contribution in [-0.4, -0.2) is 18.0 Å². The lowest BCUT2D eigenvalue weighted by Crippen LogP contribution is -2.31. The normalized spacial score (nSPS) is 17.2. The third-order valence-corrected chi connectivity index (χ3v) is 3.48. The molecule has 1 aliphatic rings. The van der Waals surface area contributed by atoms with E-state index in [2.05, 4.69) is 11.0 Å². The average Bonchev–Trinajstić information content (AvgIpc) is 2.29. The fourth-order valence-electron chi connectivity index (χ4n) is 2.08. The van der Waals surface area contributed by atoms with Crippen molar-refractivity contribution >= 4 is 28.9 Å². The monoisotopic (exact) mass is 256 g/mol. The Bertz CT molecular complexity index is 415. The lowest BCUT2D eigenvalue weighted by Gasteiger charge is -2.29. The highest BCUT2D eigenvalue weighted by Crippen LogP contribution is 2.24. The van der Waals surface area contributed by atoms with E-state index < -0.39 is 0 Å². The van der Waals surface area contributed by atoms with Crippen molar-refractivity contribution in [3.63, 3.8) is 0 Å². The number of anilines is 1. The van der Waals surface area contributed by atoms with Crippen LogP contribution in [0.5, 0.6) is 0 Å². The summed E-state index contributed by atoms with van der Waals surface area (Å²) in [5.41, 5.74) is 10.8. The van der Waals surface area contributed by atoms with E-state index in [0.29, 0.717) is 11.6 Å². The standard InChI is InChI=1S/C12H14Cl2N2/c13-6-10(14)8-16-5-4-11-9(7-16)2-1-3-12(11)15/h1-3,6H,4-5,7-8,15H2. The molecule has 1 aromatic carbocycles. The first-order valence-electron chi connectivity index (χ1n) is 5.24. The van der Waals surface area contributed by atoms with Crippen molar-refractivity contribution in [2.45, 2.75) is 13.0 Å². The molecule has 0 radical (unpaired) electrons.